The van der Waals surface area contributed by atoms with Gasteiger partial charge in [-0.2, -0.15) is 0 Å². The quantitative estimate of drug-likeness (QED) is 0.292. The summed E-state index contributed by atoms with van der Waals surface area (Å²) in [6, 6.07) is 0.491. The number of hydrogen-bond donors (Lipinski definition) is 0. The van der Waals surface area contributed by atoms with Crippen molar-refractivity contribution in [3.05, 3.63) is 0 Å². The van der Waals surface area contributed by atoms with Crippen LogP contribution in [0.5, 0.6) is 0 Å². The van der Waals surface area contributed by atoms with Crippen molar-refractivity contribution in [2.24, 2.45) is 0 Å². The lowest BCUT2D eigenvalue weighted by molar-refractivity contribution is 0.230. The van der Waals surface area contributed by atoms with Gasteiger partial charge in [0.2, 0.25) is 0 Å². The molecule has 2 aliphatic rings. The molecule has 0 amide bonds. The zero-order chi connectivity index (χ0) is 4.85. The summed E-state index contributed by atoms with van der Waals surface area (Å²) in [4.78, 5) is 2.20. The van der Waals surface area contributed by atoms with E-state index in [9.17, 15) is 0 Å². The average molecular weight is 95.9 g/mol. The first-order chi connectivity index (χ1) is 3.38. The Hall–Kier alpha value is -0.0151. The molecule has 3 heteroatoms. The van der Waals surface area contributed by atoms with Crippen LogP contribution >= 0.6 is 0 Å². The number of nitrogens with zero attached hydrogens (tertiary/aromatic N) is 1. The number of likely N-dealkylation sites (N-methyl/N-ethyl adjacent to an activating group) is 1. The maximum absolute atomic E-state index is 5.14. The number of fused-ring (bicyclic) bond motifs is 1. The van der Waals surface area contributed by atoms with Gasteiger partial charge in [0.1, 0.15) is 6.23 Å². The minimum Gasteiger partial charge on any atom is -0.363 e. The third-order valence-electron chi connectivity index (χ3n) is 1.56. The summed E-state index contributed by atoms with van der Waals surface area (Å²) in [5, 5.41) is 0. The van der Waals surface area contributed by atoms with Gasteiger partial charge < -0.3 is 4.74 Å². The third kappa shape index (κ3) is 0.423. The van der Waals surface area contributed by atoms with Gasteiger partial charge in [0, 0.05) is 0 Å². The fourth-order valence-corrected chi connectivity index (χ4v) is 1.02. The molecule has 1 radical (unpaired) electrons. The fraction of sp³-hybridized carbons (Fsp3) is 1.00. The average Bonchev–Trinajstić information content (AvgIpc) is 2.33. The molecule has 37 valence electrons. The Morgan fingerprint density at radius 3 is 2.86 bits per heavy atom. The predicted molar refractivity (Wildman–Crippen MR) is 27.0 cm³/mol. The lowest BCUT2D eigenvalue weighted by atomic mass is 9.77. The molecule has 0 aromatic carbocycles. The summed E-state index contributed by atoms with van der Waals surface area (Å²) >= 11 is 0. The van der Waals surface area contributed by atoms with Crippen LogP contribution in [0.25, 0.3) is 0 Å². The predicted octanol–water partition coefficient (Wildman–Crippen LogP) is -0.724. The van der Waals surface area contributed by atoms with Crippen molar-refractivity contribution in [2.75, 3.05) is 13.5 Å². The molecular formula is C4H7BNO. The van der Waals surface area contributed by atoms with Crippen molar-refractivity contribution in [1.29, 1.82) is 0 Å². The molecule has 0 saturated carbocycles. The van der Waals surface area contributed by atoms with Crippen LogP contribution in [-0.4, -0.2) is 37.9 Å². The summed E-state index contributed by atoms with van der Waals surface area (Å²) in [6.45, 7) is 0. The molecule has 2 saturated heterocycles. The molecule has 2 aliphatic heterocycles. The molecule has 0 N–H and O–H groups in total. The maximum atomic E-state index is 5.14. The lowest BCUT2D eigenvalue weighted by Gasteiger charge is -2.05. The highest BCUT2D eigenvalue weighted by molar-refractivity contribution is 6.40. The first kappa shape index (κ1) is 3.92. The van der Waals surface area contributed by atoms with E-state index >= 15 is 0 Å². The second kappa shape index (κ2) is 1.04. The number of epoxide rings is 1. The van der Waals surface area contributed by atoms with Gasteiger partial charge in [-0.15, -0.1) is 0 Å². The molecule has 2 unspecified atom stereocenters. The van der Waals surface area contributed by atoms with Gasteiger partial charge in [-0.3, -0.25) is 4.90 Å². The lowest BCUT2D eigenvalue weighted by Crippen LogP contribution is -2.19. The summed E-state index contributed by atoms with van der Waals surface area (Å²) in [5.41, 5.74) is 0. The van der Waals surface area contributed by atoms with Crippen LogP contribution in [0.2, 0.25) is 0 Å². The van der Waals surface area contributed by atoms with Gasteiger partial charge in [0.25, 0.3) is 0 Å². The molecule has 2 nitrogen and oxygen atoms in total. The van der Waals surface area contributed by atoms with Crippen molar-refractivity contribution in [1.82, 2.24) is 4.90 Å². The standard InChI is InChI=1S/C4H7BNO/c1-6-2-5-3-4(6)7-3/h3-4H,2H2,1H3. The van der Waals surface area contributed by atoms with Gasteiger partial charge in [-0.1, -0.05) is 0 Å². The highest BCUT2D eigenvalue weighted by atomic mass is 16.6. The molecule has 0 aromatic rings. The van der Waals surface area contributed by atoms with Gasteiger partial charge in [0.05, 0.1) is 6.00 Å². The van der Waals surface area contributed by atoms with E-state index in [2.05, 4.69) is 19.2 Å². The van der Waals surface area contributed by atoms with Gasteiger partial charge >= 0.3 is 0 Å². The number of ether oxygens (including phenoxy) is 1. The van der Waals surface area contributed by atoms with E-state index < -0.39 is 0 Å². The van der Waals surface area contributed by atoms with Crippen LogP contribution in [0.4, 0.5) is 0 Å². The second-order valence-corrected chi connectivity index (χ2v) is 2.17. The van der Waals surface area contributed by atoms with Gasteiger partial charge in [-0.25, -0.2) is 0 Å². The Bertz CT molecular complexity index is 97.7. The monoisotopic (exact) mass is 96.1 g/mol. The Morgan fingerprint density at radius 1 is 1.86 bits per heavy atom. The maximum Gasteiger partial charge on any atom is 0.173 e. The molecule has 0 spiro atoms. The van der Waals surface area contributed by atoms with Crippen LogP contribution < -0.4 is 0 Å². The van der Waals surface area contributed by atoms with E-state index in [4.69, 9.17) is 4.74 Å². The van der Waals surface area contributed by atoms with Crippen molar-refractivity contribution < 1.29 is 4.74 Å². The van der Waals surface area contributed by atoms with E-state index in [1.807, 2.05) is 0 Å². The van der Waals surface area contributed by atoms with Gasteiger partial charge in [0.15, 0.2) is 7.28 Å². The van der Waals surface area contributed by atoms with Crippen LogP contribution in [-0.2, 0) is 4.74 Å². The molecule has 0 aliphatic carbocycles. The Morgan fingerprint density at radius 2 is 2.71 bits per heavy atom. The third-order valence-corrected chi connectivity index (χ3v) is 1.56. The topological polar surface area (TPSA) is 15.8 Å². The first-order valence-electron chi connectivity index (χ1n) is 2.57. The van der Waals surface area contributed by atoms with E-state index in [0.29, 0.717) is 12.2 Å². The molecule has 2 heterocycles. The van der Waals surface area contributed by atoms with E-state index in [0.717, 1.165) is 6.44 Å². The van der Waals surface area contributed by atoms with Crippen molar-refractivity contribution >= 4 is 7.28 Å². The summed E-state index contributed by atoms with van der Waals surface area (Å²) in [5.74, 6) is 0. The Kier molecular flexibility index (Phi) is 0.580. The largest absolute Gasteiger partial charge is 0.363 e. The molecular weight excluding hydrogens is 88.9 g/mol. The smallest absolute Gasteiger partial charge is 0.173 e. The van der Waals surface area contributed by atoms with E-state index in [1.165, 1.54) is 0 Å². The molecule has 2 rings (SSSR count). The first-order valence-corrected chi connectivity index (χ1v) is 2.57. The van der Waals surface area contributed by atoms with Crippen LogP contribution in [0, 0.1) is 0 Å². The minimum atomic E-state index is 0.458. The fourth-order valence-electron chi connectivity index (χ4n) is 1.02. The summed E-state index contributed by atoms with van der Waals surface area (Å²) in [6.07, 6.45) is 1.56. The highest BCUT2D eigenvalue weighted by Gasteiger charge is 2.47. The molecule has 0 bridgehead atoms. The zero-order valence-corrected chi connectivity index (χ0v) is 4.29. The van der Waals surface area contributed by atoms with Crippen LogP contribution in [0.15, 0.2) is 0 Å². The highest BCUT2D eigenvalue weighted by Crippen LogP contribution is 2.28. The molecule has 2 fully saturated rings. The summed E-state index contributed by atoms with van der Waals surface area (Å²) < 4.78 is 5.14. The van der Waals surface area contributed by atoms with Crippen LogP contribution in [0.1, 0.15) is 0 Å². The second-order valence-electron chi connectivity index (χ2n) is 2.17. The molecule has 2 atom stereocenters. The number of hydrogen-bond acceptors (Lipinski definition) is 2. The zero-order valence-electron chi connectivity index (χ0n) is 4.29. The molecule has 7 heavy (non-hydrogen) atoms. The van der Waals surface area contributed by atoms with Gasteiger partial charge in [-0.05, 0) is 13.5 Å². The Balaban J connectivity index is 2.08. The van der Waals surface area contributed by atoms with Crippen molar-refractivity contribution in [3.63, 3.8) is 0 Å². The summed E-state index contributed by atoms with van der Waals surface area (Å²) in [7, 11) is 4.28. The molecule has 0 aromatic heterocycles. The Labute approximate surface area is 43.7 Å². The normalized spacial score (nSPS) is 48.1. The minimum absolute atomic E-state index is 0.458. The number of rotatable bonds is 0. The van der Waals surface area contributed by atoms with E-state index in [1.54, 1.807) is 0 Å². The SMILES string of the molecule is CN1C[B]C2OC21. The van der Waals surface area contributed by atoms with Crippen LogP contribution in [0.3, 0.4) is 0 Å². The van der Waals surface area contributed by atoms with Crippen molar-refractivity contribution in [2.45, 2.75) is 12.2 Å². The van der Waals surface area contributed by atoms with Crippen molar-refractivity contribution in [3.8, 4) is 0 Å². The van der Waals surface area contributed by atoms with E-state index in [-0.39, 0.29) is 0 Å².